The van der Waals surface area contributed by atoms with E-state index in [1.807, 2.05) is 16.9 Å². The maximum atomic E-state index is 5.57. The van der Waals surface area contributed by atoms with Gasteiger partial charge in [0.2, 0.25) is 0 Å². The average Bonchev–Trinajstić information content (AvgIpc) is 3.19. The largest absolute Gasteiger partial charge is 0.376 e. The van der Waals surface area contributed by atoms with Gasteiger partial charge in [-0.1, -0.05) is 24.3 Å². The number of hydrogen-bond donors (Lipinski definition) is 2. The van der Waals surface area contributed by atoms with Crippen LogP contribution in [0.15, 0.2) is 36.7 Å². The molecule has 1 saturated heterocycles. The second-order valence-electron chi connectivity index (χ2n) is 5.82. The Morgan fingerprint density at radius 2 is 2.30 bits per heavy atom. The van der Waals surface area contributed by atoms with Gasteiger partial charge in [-0.3, -0.25) is 4.68 Å². The summed E-state index contributed by atoms with van der Waals surface area (Å²) in [6.07, 6.45) is 6.27. The Kier molecular flexibility index (Phi) is 5.25. The standard InChI is InChI=1S/C17H22N4OS/c1-13-5-2-3-6-14(13)11-21-12-15(9-19-21)20-17(23)18-10-16-7-4-8-22-16/h2-3,5-6,9,12,16H,4,7-8,10-11H2,1H3,(H2,18,20,23). The second-order valence-corrected chi connectivity index (χ2v) is 6.23. The molecule has 2 N–H and O–H groups in total. The molecule has 6 heteroatoms. The number of benzene rings is 1. The summed E-state index contributed by atoms with van der Waals surface area (Å²) < 4.78 is 7.48. The summed E-state index contributed by atoms with van der Waals surface area (Å²) >= 11 is 5.32. The molecule has 1 atom stereocenters. The lowest BCUT2D eigenvalue weighted by Crippen LogP contribution is -2.34. The van der Waals surface area contributed by atoms with Gasteiger partial charge in [0.05, 0.1) is 24.5 Å². The minimum atomic E-state index is 0.276. The predicted octanol–water partition coefficient (Wildman–Crippen LogP) is 2.71. The van der Waals surface area contributed by atoms with Crippen molar-refractivity contribution in [2.24, 2.45) is 0 Å². The van der Waals surface area contributed by atoms with E-state index in [1.165, 1.54) is 11.1 Å². The quantitative estimate of drug-likeness (QED) is 0.826. The molecule has 122 valence electrons. The molecular formula is C17H22N4OS. The Morgan fingerprint density at radius 1 is 1.43 bits per heavy atom. The van der Waals surface area contributed by atoms with Crippen LogP contribution in [0.1, 0.15) is 24.0 Å². The maximum absolute atomic E-state index is 5.57. The molecule has 1 aliphatic heterocycles. The number of aryl methyl sites for hydroxylation is 1. The van der Waals surface area contributed by atoms with Gasteiger partial charge >= 0.3 is 0 Å². The molecule has 1 unspecified atom stereocenters. The van der Waals surface area contributed by atoms with Crippen LogP contribution in [-0.2, 0) is 11.3 Å². The average molecular weight is 330 g/mol. The van der Waals surface area contributed by atoms with Crippen LogP contribution in [0, 0.1) is 6.92 Å². The van der Waals surface area contributed by atoms with Gasteiger partial charge < -0.3 is 15.4 Å². The number of thiocarbonyl (C=S) groups is 1. The van der Waals surface area contributed by atoms with Crippen molar-refractivity contribution >= 4 is 23.0 Å². The van der Waals surface area contributed by atoms with E-state index >= 15 is 0 Å². The summed E-state index contributed by atoms with van der Waals surface area (Å²) in [6, 6.07) is 8.34. The highest BCUT2D eigenvalue weighted by molar-refractivity contribution is 7.80. The van der Waals surface area contributed by atoms with E-state index in [0.29, 0.717) is 5.11 Å². The van der Waals surface area contributed by atoms with Crippen LogP contribution in [0.5, 0.6) is 0 Å². The number of hydrogen-bond acceptors (Lipinski definition) is 3. The number of nitrogens with zero attached hydrogens (tertiary/aromatic N) is 2. The molecule has 5 nitrogen and oxygen atoms in total. The van der Waals surface area contributed by atoms with E-state index in [-0.39, 0.29) is 6.10 Å². The first kappa shape index (κ1) is 16.0. The molecule has 3 rings (SSSR count). The van der Waals surface area contributed by atoms with Crippen LogP contribution in [0.4, 0.5) is 5.69 Å². The van der Waals surface area contributed by atoms with Gasteiger partial charge in [-0.25, -0.2) is 0 Å². The molecule has 1 aromatic carbocycles. The predicted molar refractivity (Wildman–Crippen MR) is 95.7 cm³/mol. The van der Waals surface area contributed by atoms with Crippen molar-refractivity contribution in [2.75, 3.05) is 18.5 Å². The summed E-state index contributed by atoms with van der Waals surface area (Å²) in [6.45, 7) is 4.48. The first-order valence-electron chi connectivity index (χ1n) is 7.94. The zero-order valence-corrected chi connectivity index (χ0v) is 14.1. The minimum absolute atomic E-state index is 0.276. The monoisotopic (exact) mass is 330 g/mol. The molecule has 1 aliphatic rings. The molecule has 0 aliphatic carbocycles. The number of nitrogens with one attached hydrogen (secondary N) is 2. The van der Waals surface area contributed by atoms with Gasteiger partial charge in [0.15, 0.2) is 5.11 Å². The Bertz CT molecular complexity index is 664. The van der Waals surface area contributed by atoms with E-state index in [4.69, 9.17) is 17.0 Å². The number of anilines is 1. The van der Waals surface area contributed by atoms with Gasteiger partial charge in [0.1, 0.15) is 0 Å². The van der Waals surface area contributed by atoms with E-state index in [9.17, 15) is 0 Å². The summed E-state index contributed by atoms with van der Waals surface area (Å²) in [4.78, 5) is 0. The Balaban J connectivity index is 1.50. The third kappa shape index (κ3) is 4.53. The van der Waals surface area contributed by atoms with Gasteiger partial charge in [0, 0.05) is 19.3 Å². The fourth-order valence-corrected chi connectivity index (χ4v) is 2.86. The van der Waals surface area contributed by atoms with Gasteiger partial charge in [0.25, 0.3) is 0 Å². The Labute approximate surface area is 142 Å². The summed E-state index contributed by atoms with van der Waals surface area (Å²) in [7, 11) is 0. The van der Waals surface area contributed by atoms with Crippen LogP contribution in [0.25, 0.3) is 0 Å². The van der Waals surface area contributed by atoms with Crippen molar-refractivity contribution in [1.82, 2.24) is 15.1 Å². The fraction of sp³-hybridized carbons (Fsp3) is 0.412. The van der Waals surface area contributed by atoms with Gasteiger partial charge in [-0.2, -0.15) is 5.10 Å². The lowest BCUT2D eigenvalue weighted by atomic mass is 10.1. The molecule has 1 aromatic heterocycles. The van der Waals surface area contributed by atoms with Crippen LogP contribution in [0.2, 0.25) is 0 Å². The Morgan fingerprint density at radius 3 is 3.09 bits per heavy atom. The highest BCUT2D eigenvalue weighted by atomic mass is 32.1. The van der Waals surface area contributed by atoms with E-state index < -0.39 is 0 Å². The number of aromatic nitrogens is 2. The molecule has 0 saturated carbocycles. The van der Waals surface area contributed by atoms with Gasteiger partial charge in [-0.15, -0.1) is 0 Å². The molecule has 2 aromatic rings. The molecule has 2 heterocycles. The highest BCUT2D eigenvalue weighted by Gasteiger charge is 2.15. The van der Waals surface area contributed by atoms with E-state index in [0.717, 1.165) is 38.2 Å². The van der Waals surface area contributed by atoms with Crippen LogP contribution < -0.4 is 10.6 Å². The molecule has 0 radical (unpaired) electrons. The lowest BCUT2D eigenvalue weighted by molar-refractivity contribution is 0.114. The van der Waals surface area contributed by atoms with Crippen LogP contribution in [-0.4, -0.2) is 34.1 Å². The number of rotatable bonds is 5. The van der Waals surface area contributed by atoms with Crippen molar-refractivity contribution in [3.63, 3.8) is 0 Å². The SMILES string of the molecule is Cc1ccccc1Cn1cc(NC(=S)NCC2CCCO2)cn1. The first-order valence-corrected chi connectivity index (χ1v) is 8.35. The van der Waals surface area contributed by atoms with E-state index in [1.54, 1.807) is 6.20 Å². The smallest absolute Gasteiger partial charge is 0.170 e. The maximum Gasteiger partial charge on any atom is 0.170 e. The lowest BCUT2D eigenvalue weighted by Gasteiger charge is -2.13. The normalized spacial score (nSPS) is 17.2. The second kappa shape index (κ2) is 7.57. The summed E-state index contributed by atoms with van der Waals surface area (Å²) in [5.41, 5.74) is 3.43. The number of ether oxygens (including phenoxy) is 1. The van der Waals surface area contributed by atoms with Crippen molar-refractivity contribution in [2.45, 2.75) is 32.4 Å². The molecule has 23 heavy (non-hydrogen) atoms. The molecular weight excluding hydrogens is 308 g/mol. The third-order valence-electron chi connectivity index (χ3n) is 4.00. The minimum Gasteiger partial charge on any atom is -0.376 e. The van der Waals surface area contributed by atoms with Crippen LogP contribution in [0.3, 0.4) is 0 Å². The third-order valence-corrected chi connectivity index (χ3v) is 4.25. The summed E-state index contributed by atoms with van der Waals surface area (Å²) in [5, 5.41) is 11.4. The van der Waals surface area contributed by atoms with Crippen LogP contribution >= 0.6 is 12.2 Å². The zero-order valence-electron chi connectivity index (χ0n) is 13.3. The topological polar surface area (TPSA) is 51.1 Å². The van der Waals surface area contributed by atoms with Crippen molar-refractivity contribution in [3.05, 3.63) is 47.8 Å². The Hall–Kier alpha value is -1.92. The summed E-state index contributed by atoms with van der Waals surface area (Å²) in [5.74, 6) is 0. The van der Waals surface area contributed by atoms with E-state index in [2.05, 4.69) is 40.9 Å². The molecule has 0 bridgehead atoms. The van der Waals surface area contributed by atoms with Crippen molar-refractivity contribution in [3.8, 4) is 0 Å². The highest BCUT2D eigenvalue weighted by Crippen LogP contribution is 2.12. The molecule has 0 amide bonds. The zero-order chi connectivity index (χ0) is 16.1. The molecule has 0 spiro atoms. The first-order chi connectivity index (χ1) is 11.2. The van der Waals surface area contributed by atoms with Crippen molar-refractivity contribution in [1.29, 1.82) is 0 Å². The van der Waals surface area contributed by atoms with Gasteiger partial charge in [-0.05, 0) is 43.1 Å². The molecule has 1 fully saturated rings. The van der Waals surface area contributed by atoms with Crippen molar-refractivity contribution < 1.29 is 4.74 Å². The fourth-order valence-electron chi connectivity index (χ4n) is 2.66.